The minimum atomic E-state index is -0.234. The largest absolute Gasteiger partial charge is 0.394 e. The topological polar surface area (TPSA) is 88.2 Å². The molecule has 6 heteroatoms. The molecule has 1 aliphatic rings. The molecule has 116 valence electrons. The van der Waals surface area contributed by atoms with Crippen molar-refractivity contribution in [3.05, 3.63) is 35.7 Å². The first-order chi connectivity index (χ1) is 10.7. The zero-order valence-electron chi connectivity index (χ0n) is 12.5. The lowest BCUT2D eigenvalue weighted by atomic mass is 10.1. The van der Waals surface area contributed by atoms with Crippen LogP contribution in [0.4, 0.5) is 0 Å². The summed E-state index contributed by atoms with van der Waals surface area (Å²) in [6.45, 7) is 1.84. The number of amides is 1. The number of benzene rings is 1. The highest BCUT2D eigenvalue weighted by Crippen LogP contribution is 2.39. The standard InChI is InChI=1S/C16H19N3O3/c1-2-13(9-20)17-15(21)12-5-3-4-11(8-12)14-18-16(22-19-14)10-6-7-10/h3-5,8,10,13,20H,2,6-7,9H2,1H3,(H,17,21). The number of aliphatic hydroxyl groups excluding tert-OH is 1. The van der Waals surface area contributed by atoms with Crippen LogP contribution in [0.5, 0.6) is 0 Å². The highest BCUT2D eigenvalue weighted by Gasteiger charge is 2.29. The van der Waals surface area contributed by atoms with Crippen molar-refractivity contribution in [3.63, 3.8) is 0 Å². The van der Waals surface area contributed by atoms with Crippen LogP contribution in [0, 0.1) is 0 Å². The van der Waals surface area contributed by atoms with Gasteiger partial charge >= 0.3 is 0 Å². The van der Waals surface area contributed by atoms with Crippen LogP contribution < -0.4 is 5.32 Å². The summed E-state index contributed by atoms with van der Waals surface area (Å²) in [5, 5.41) is 15.9. The molecule has 3 rings (SSSR count). The second kappa shape index (κ2) is 6.27. The number of carbonyl (C=O) groups excluding carboxylic acids is 1. The molecule has 1 saturated carbocycles. The molecule has 0 saturated heterocycles. The maximum Gasteiger partial charge on any atom is 0.251 e. The van der Waals surface area contributed by atoms with E-state index >= 15 is 0 Å². The number of aromatic nitrogens is 2. The molecule has 1 fully saturated rings. The second-order valence-corrected chi connectivity index (χ2v) is 5.57. The third-order valence-electron chi connectivity index (χ3n) is 3.80. The van der Waals surface area contributed by atoms with E-state index in [1.165, 1.54) is 0 Å². The number of carbonyl (C=O) groups is 1. The molecule has 0 aliphatic heterocycles. The molecule has 1 aromatic carbocycles. The average Bonchev–Trinajstić information content (AvgIpc) is 3.29. The summed E-state index contributed by atoms with van der Waals surface area (Å²) >= 11 is 0. The minimum Gasteiger partial charge on any atom is -0.394 e. The monoisotopic (exact) mass is 301 g/mol. The molecule has 1 aliphatic carbocycles. The Labute approximate surface area is 128 Å². The fourth-order valence-corrected chi connectivity index (χ4v) is 2.19. The molecular weight excluding hydrogens is 282 g/mol. The van der Waals surface area contributed by atoms with Crippen molar-refractivity contribution in [1.82, 2.24) is 15.5 Å². The zero-order chi connectivity index (χ0) is 15.5. The zero-order valence-corrected chi connectivity index (χ0v) is 12.5. The van der Waals surface area contributed by atoms with Crippen LogP contribution in [0.2, 0.25) is 0 Å². The summed E-state index contributed by atoms with van der Waals surface area (Å²) in [6, 6.07) is 6.87. The van der Waals surface area contributed by atoms with Crippen molar-refractivity contribution < 1.29 is 14.4 Å². The van der Waals surface area contributed by atoms with Gasteiger partial charge in [0.25, 0.3) is 5.91 Å². The Morgan fingerprint density at radius 3 is 3.00 bits per heavy atom. The Morgan fingerprint density at radius 1 is 1.50 bits per heavy atom. The number of nitrogens with zero attached hydrogens (tertiary/aromatic N) is 2. The van der Waals surface area contributed by atoms with Crippen LogP contribution in [-0.4, -0.2) is 33.8 Å². The molecule has 2 N–H and O–H groups in total. The smallest absolute Gasteiger partial charge is 0.251 e. The SMILES string of the molecule is CCC(CO)NC(=O)c1cccc(-c2noc(C3CC3)n2)c1. The van der Waals surface area contributed by atoms with E-state index in [1.807, 2.05) is 13.0 Å². The lowest BCUT2D eigenvalue weighted by molar-refractivity contribution is 0.0915. The van der Waals surface area contributed by atoms with E-state index in [2.05, 4.69) is 15.5 Å². The Bertz CT molecular complexity index is 660. The number of hydrogen-bond acceptors (Lipinski definition) is 5. The van der Waals surface area contributed by atoms with Crippen molar-refractivity contribution in [3.8, 4) is 11.4 Å². The van der Waals surface area contributed by atoms with Crippen LogP contribution in [0.15, 0.2) is 28.8 Å². The highest BCUT2D eigenvalue weighted by molar-refractivity contribution is 5.95. The van der Waals surface area contributed by atoms with Gasteiger partial charge in [0.15, 0.2) is 0 Å². The quantitative estimate of drug-likeness (QED) is 0.853. The van der Waals surface area contributed by atoms with Gasteiger partial charge in [0.2, 0.25) is 11.7 Å². The third-order valence-corrected chi connectivity index (χ3v) is 3.80. The van der Waals surface area contributed by atoms with Gasteiger partial charge in [-0.05, 0) is 31.4 Å². The Balaban J connectivity index is 1.77. The summed E-state index contributed by atoms with van der Waals surface area (Å²) in [5.41, 5.74) is 1.27. The summed E-state index contributed by atoms with van der Waals surface area (Å²) in [7, 11) is 0. The van der Waals surface area contributed by atoms with Crippen LogP contribution >= 0.6 is 0 Å². The van der Waals surface area contributed by atoms with Crippen LogP contribution in [0.25, 0.3) is 11.4 Å². The minimum absolute atomic E-state index is 0.0719. The summed E-state index contributed by atoms with van der Waals surface area (Å²) in [6.07, 6.45) is 2.88. The van der Waals surface area contributed by atoms with E-state index in [9.17, 15) is 4.79 Å². The average molecular weight is 301 g/mol. The van der Waals surface area contributed by atoms with Crippen LogP contribution in [0.3, 0.4) is 0 Å². The van der Waals surface area contributed by atoms with E-state index in [0.29, 0.717) is 29.6 Å². The fraction of sp³-hybridized carbons (Fsp3) is 0.438. The Kier molecular flexibility index (Phi) is 4.20. The number of hydrogen-bond donors (Lipinski definition) is 2. The molecule has 1 unspecified atom stereocenters. The second-order valence-electron chi connectivity index (χ2n) is 5.57. The fourth-order valence-electron chi connectivity index (χ4n) is 2.19. The predicted octanol–water partition coefficient (Wildman–Crippen LogP) is 2.11. The first kappa shape index (κ1) is 14.7. The van der Waals surface area contributed by atoms with Gasteiger partial charge in [-0.2, -0.15) is 4.98 Å². The summed E-state index contributed by atoms with van der Waals surface area (Å²) < 4.78 is 5.25. The van der Waals surface area contributed by atoms with Crippen molar-refractivity contribution >= 4 is 5.91 Å². The molecular formula is C16H19N3O3. The van der Waals surface area contributed by atoms with E-state index in [1.54, 1.807) is 18.2 Å². The third kappa shape index (κ3) is 3.17. The number of rotatable bonds is 6. The molecule has 0 radical (unpaired) electrons. The van der Waals surface area contributed by atoms with E-state index in [4.69, 9.17) is 9.63 Å². The van der Waals surface area contributed by atoms with Gasteiger partial charge in [-0.25, -0.2) is 0 Å². The molecule has 1 atom stereocenters. The lowest BCUT2D eigenvalue weighted by Gasteiger charge is -2.14. The number of nitrogens with one attached hydrogen (secondary N) is 1. The van der Waals surface area contributed by atoms with E-state index in [0.717, 1.165) is 18.4 Å². The molecule has 1 amide bonds. The molecule has 22 heavy (non-hydrogen) atoms. The maximum atomic E-state index is 12.2. The van der Waals surface area contributed by atoms with Gasteiger partial charge in [0, 0.05) is 17.0 Å². The lowest BCUT2D eigenvalue weighted by Crippen LogP contribution is -2.36. The molecule has 0 spiro atoms. The first-order valence-electron chi connectivity index (χ1n) is 7.57. The highest BCUT2D eigenvalue weighted by atomic mass is 16.5. The van der Waals surface area contributed by atoms with Gasteiger partial charge in [-0.15, -0.1) is 0 Å². The van der Waals surface area contributed by atoms with Gasteiger partial charge in [-0.1, -0.05) is 24.2 Å². The first-order valence-corrected chi connectivity index (χ1v) is 7.57. The van der Waals surface area contributed by atoms with Gasteiger partial charge in [0.05, 0.1) is 12.6 Å². The molecule has 1 aromatic heterocycles. The normalized spacial score (nSPS) is 15.5. The van der Waals surface area contributed by atoms with Gasteiger partial charge < -0.3 is 14.9 Å². The Morgan fingerprint density at radius 2 is 2.32 bits per heavy atom. The van der Waals surface area contributed by atoms with Gasteiger partial charge in [-0.3, -0.25) is 4.79 Å². The Hall–Kier alpha value is -2.21. The molecule has 0 bridgehead atoms. The predicted molar refractivity (Wildman–Crippen MR) is 80.3 cm³/mol. The van der Waals surface area contributed by atoms with Crippen LogP contribution in [-0.2, 0) is 0 Å². The summed E-state index contributed by atoms with van der Waals surface area (Å²) in [5.74, 6) is 1.37. The van der Waals surface area contributed by atoms with Crippen LogP contribution in [0.1, 0.15) is 48.4 Å². The van der Waals surface area contributed by atoms with E-state index in [-0.39, 0.29) is 18.6 Å². The maximum absolute atomic E-state index is 12.2. The van der Waals surface area contributed by atoms with Gasteiger partial charge in [0.1, 0.15) is 0 Å². The van der Waals surface area contributed by atoms with E-state index < -0.39 is 0 Å². The summed E-state index contributed by atoms with van der Waals surface area (Å²) in [4.78, 5) is 16.6. The van der Waals surface area contributed by atoms with Crippen molar-refractivity contribution in [2.24, 2.45) is 0 Å². The number of aliphatic hydroxyl groups is 1. The van der Waals surface area contributed by atoms with Crippen molar-refractivity contribution in [2.75, 3.05) is 6.61 Å². The van der Waals surface area contributed by atoms with Crippen molar-refractivity contribution in [2.45, 2.75) is 38.1 Å². The molecule has 1 heterocycles. The molecule has 6 nitrogen and oxygen atoms in total. The molecule has 2 aromatic rings. The van der Waals surface area contributed by atoms with Crippen molar-refractivity contribution in [1.29, 1.82) is 0 Å².